The van der Waals surface area contributed by atoms with Crippen LogP contribution in [0.4, 0.5) is 0 Å². The molecule has 1 rings (SSSR count). The monoisotopic (exact) mass is 1290 g/mol. The Morgan fingerprint density at radius 3 is 1.95 bits per heavy atom. The summed E-state index contributed by atoms with van der Waals surface area (Å²) in [5.74, 6) is -1.34. The van der Waals surface area contributed by atoms with Crippen molar-refractivity contribution in [2.24, 2.45) is 5.92 Å². The van der Waals surface area contributed by atoms with Gasteiger partial charge in [0.25, 0.3) is 0 Å². The second kappa shape index (κ2) is 20.6. The van der Waals surface area contributed by atoms with Crippen LogP contribution in [0.2, 0.25) is 0 Å². The first kappa shape index (κ1) is 37.7. The van der Waals surface area contributed by atoms with E-state index in [1.54, 1.807) is 13.8 Å². The molecular formula is C8H9O5W6-. The van der Waals surface area contributed by atoms with Gasteiger partial charge in [0.1, 0.15) is 6.61 Å². The van der Waals surface area contributed by atoms with Gasteiger partial charge in [0.15, 0.2) is 0 Å². The summed E-state index contributed by atoms with van der Waals surface area (Å²) in [5.41, 5.74) is 0. The van der Waals surface area contributed by atoms with Crippen LogP contribution in [-0.2, 0) is 143 Å². The summed E-state index contributed by atoms with van der Waals surface area (Å²) in [4.78, 5) is 21.3. The van der Waals surface area contributed by atoms with Crippen molar-refractivity contribution in [3.63, 3.8) is 0 Å². The van der Waals surface area contributed by atoms with Gasteiger partial charge in [-0.1, -0.05) is 13.8 Å². The summed E-state index contributed by atoms with van der Waals surface area (Å²) < 4.78 is 13.4. The molecule has 0 N–H and O–H groups in total. The van der Waals surface area contributed by atoms with E-state index in [0.29, 0.717) is 0 Å². The van der Waals surface area contributed by atoms with Crippen LogP contribution in [0.3, 0.4) is 0 Å². The average Bonchev–Trinajstić information content (AvgIpc) is 2.47. The molecule has 0 radical (unpaired) electrons. The topological polar surface area (TPSA) is 69.7 Å². The molecular weight excluding hydrogens is 1280 g/mol. The molecule has 19 heavy (non-hydrogen) atoms. The van der Waals surface area contributed by atoms with Gasteiger partial charge in [-0.15, -0.1) is 0 Å². The third-order valence-corrected chi connectivity index (χ3v) is 1.27. The van der Waals surface area contributed by atoms with Gasteiger partial charge < -0.3 is 18.4 Å². The van der Waals surface area contributed by atoms with Gasteiger partial charge in [0.05, 0.1) is 11.7 Å². The van der Waals surface area contributed by atoms with Gasteiger partial charge in [-0.3, -0.25) is 4.79 Å². The van der Waals surface area contributed by atoms with Crippen LogP contribution in [0.15, 0.2) is 13.6 Å². The third kappa shape index (κ3) is 16.8. The fraction of sp³-hybridized carbons (Fsp3) is 0.500. The van der Waals surface area contributed by atoms with E-state index < -0.39 is 5.82 Å². The molecule has 0 aliphatic rings. The van der Waals surface area contributed by atoms with Crippen LogP contribution in [-0.4, -0.2) is 5.97 Å². The molecule has 0 saturated heterocycles. The molecule has 0 aliphatic carbocycles. The molecule has 5 nitrogen and oxygen atoms in total. The Kier molecular flexibility index (Phi) is 40.9. The first-order chi connectivity index (χ1) is 6.09. The van der Waals surface area contributed by atoms with Crippen LogP contribution in [0.1, 0.15) is 19.6 Å². The van der Waals surface area contributed by atoms with E-state index in [9.17, 15) is 9.59 Å². The van der Waals surface area contributed by atoms with Crippen molar-refractivity contribution in [1.82, 2.24) is 0 Å². The van der Waals surface area contributed by atoms with Crippen LogP contribution < -0.4 is 5.82 Å². The van der Waals surface area contributed by atoms with Gasteiger partial charge >= 0.3 is 11.8 Å². The minimum absolute atomic E-state index is 0. The van der Waals surface area contributed by atoms with Crippen molar-refractivity contribution in [1.29, 1.82) is 0 Å². The maximum atomic E-state index is 10.9. The van der Waals surface area contributed by atoms with Gasteiger partial charge in [0.2, 0.25) is 0 Å². The Bertz CT molecular complexity index is 349. The van der Waals surface area contributed by atoms with E-state index in [-0.39, 0.29) is 151 Å². The SMILES string of the molecule is CC(C)C(=O)OCc1[c-]oc(=O)o1.[W].[W].[W].[W].[W].[W]. The number of ether oxygens (including phenoxy) is 1. The number of esters is 1. The maximum Gasteiger partial charge on any atom is 0.345 e. The Morgan fingerprint density at radius 2 is 1.63 bits per heavy atom. The zero-order valence-corrected chi connectivity index (χ0v) is 27.4. The molecule has 0 bridgehead atoms. The van der Waals surface area contributed by atoms with Crippen molar-refractivity contribution in [3.05, 3.63) is 22.6 Å². The molecule has 0 aliphatic heterocycles. The second-order valence-corrected chi connectivity index (χ2v) is 2.74. The predicted molar refractivity (Wildman–Crippen MR) is 40.7 cm³/mol. The molecule has 0 unspecified atom stereocenters. The van der Waals surface area contributed by atoms with E-state index in [4.69, 9.17) is 4.74 Å². The molecule has 0 atom stereocenters. The van der Waals surface area contributed by atoms with E-state index in [1.807, 2.05) is 0 Å². The molecule has 1 heterocycles. The standard InChI is InChI=1S/C8H9O5.6W/c1-5(2)7(9)11-3-6-4-12-8(10)13-6;;;;;;/h5H,3H2,1-2H3;;;;;;/q-1;;;;;;. The summed E-state index contributed by atoms with van der Waals surface area (Å²) in [6.07, 6.45) is 2.17. The maximum absolute atomic E-state index is 10.9. The Hall–Kier alpha value is 2.61. The zero-order valence-electron chi connectivity index (χ0n) is 9.78. The second-order valence-electron chi connectivity index (χ2n) is 2.74. The van der Waals surface area contributed by atoms with E-state index in [1.165, 1.54) is 0 Å². The summed E-state index contributed by atoms with van der Waals surface area (Å²) >= 11 is 0. The molecule has 0 amide bonds. The van der Waals surface area contributed by atoms with Crippen LogP contribution in [0.5, 0.6) is 0 Å². The minimum Gasteiger partial charge on any atom is -0.584 e. The Morgan fingerprint density at radius 1 is 1.16 bits per heavy atom. The van der Waals surface area contributed by atoms with Crippen molar-refractivity contribution < 1.29 is 145 Å². The fourth-order valence-electron chi connectivity index (χ4n) is 0.603. The molecule has 0 aromatic carbocycles. The summed E-state index contributed by atoms with van der Waals surface area (Å²) in [7, 11) is 0. The number of hydrogen-bond donors (Lipinski definition) is 0. The smallest absolute Gasteiger partial charge is 0.345 e. The first-order valence-corrected chi connectivity index (χ1v) is 3.76. The van der Waals surface area contributed by atoms with Crippen LogP contribution >= 0.6 is 0 Å². The first-order valence-electron chi connectivity index (χ1n) is 3.76. The summed E-state index contributed by atoms with van der Waals surface area (Å²) in [6, 6.07) is 0. The molecule has 11 heteroatoms. The zero-order chi connectivity index (χ0) is 9.84. The molecule has 1 aromatic heterocycles. The van der Waals surface area contributed by atoms with Crippen LogP contribution in [0.25, 0.3) is 0 Å². The summed E-state index contributed by atoms with van der Waals surface area (Å²) in [5, 5.41) is 0. The van der Waals surface area contributed by atoms with Crippen LogP contribution in [0, 0.1) is 12.2 Å². The van der Waals surface area contributed by atoms with E-state index >= 15 is 0 Å². The molecule has 1 aromatic rings. The van der Waals surface area contributed by atoms with Gasteiger partial charge in [-0.25, -0.2) is 0 Å². The number of rotatable bonds is 3. The minimum atomic E-state index is -0.851. The van der Waals surface area contributed by atoms with E-state index in [2.05, 4.69) is 15.1 Å². The normalized spacial score (nSPS) is 7.11. The van der Waals surface area contributed by atoms with Gasteiger partial charge in [0, 0.05) is 126 Å². The predicted octanol–water partition coefficient (Wildman–Crippen LogP) is 0.717. The van der Waals surface area contributed by atoms with Crippen molar-refractivity contribution in [2.75, 3.05) is 0 Å². The number of carbonyl (C=O) groups is 1. The fourth-order valence-corrected chi connectivity index (χ4v) is 0.603. The molecule has 0 spiro atoms. The third-order valence-electron chi connectivity index (χ3n) is 1.27. The van der Waals surface area contributed by atoms with Crippen molar-refractivity contribution in [2.45, 2.75) is 20.5 Å². The Labute approximate surface area is 197 Å². The van der Waals surface area contributed by atoms with Crippen molar-refractivity contribution in [3.8, 4) is 0 Å². The number of hydrogen-bond acceptors (Lipinski definition) is 5. The average molecular weight is 1290 g/mol. The quantitative estimate of drug-likeness (QED) is 0.330. The number of carbonyl (C=O) groups excluding carboxylic acids is 1. The van der Waals surface area contributed by atoms with Crippen molar-refractivity contribution >= 4 is 5.97 Å². The molecule has 0 fully saturated rings. The molecule has 108 valence electrons. The van der Waals surface area contributed by atoms with Gasteiger partial charge in [-0.2, -0.15) is 0 Å². The van der Waals surface area contributed by atoms with Gasteiger partial charge in [-0.05, 0) is 6.26 Å². The van der Waals surface area contributed by atoms with E-state index in [0.717, 1.165) is 0 Å². The largest absolute Gasteiger partial charge is 0.584 e. The Balaban J connectivity index is -0.0000000704. The summed E-state index contributed by atoms with van der Waals surface area (Å²) in [6.45, 7) is 3.29. The molecule has 0 saturated carbocycles.